The van der Waals surface area contributed by atoms with Crippen LogP contribution in [0.5, 0.6) is 0 Å². The summed E-state index contributed by atoms with van der Waals surface area (Å²) in [6, 6.07) is 10.1. The number of ether oxygens (including phenoxy) is 2. The maximum Gasteiger partial charge on any atom is 0.358 e. The molecule has 0 N–H and O–H groups in total. The molecule has 0 radical (unpaired) electrons. The largest absolute Gasteiger partial charge is 0.461 e. The summed E-state index contributed by atoms with van der Waals surface area (Å²) in [6.07, 6.45) is 5.97. The van der Waals surface area contributed by atoms with Crippen molar-refractivity contribution in [3.63, 3.8) is 0 Å². The first-order chi connectivity index (χ1) is 12.3. The molecule has 25 heavy (non-hydrogen) atoms. The van der Waals surface area contributed by atoms with E-state index in [1.54, 1.807) is 7.11 Å². The Hall–Kier alpha value is -2.14. The number of nitrogens with zero attached hydrogens (tertiary/aromatic N) is 2. The van der Waals surface area contributed by atoms with Crippen molar-refractivity contribution in [2.45, 2.75) is 45.1 Å². The van der Waals surface area contributed by atoms with Gasteiger partial charge in [0.2, 0.25) is 0 Å². The van der Waals surface area contributed by atoms with Gasteiger partial charge >= 0.3 is 5.97 Å². The maximum absolute atomic E-state index is 12.6. The van der Waals surface area contributed by atoms with Crippen molar-refractivity contribution in [2.75, 3.05) is 20.3 Å². The number of aromatic nitrogens is 2. The number of imidazole rings is 1. The van der Waals surface area contributed by atoms with Gasteiger partial charge in [0.05, 0.1) is 12.3 Å². The molecule has 1 aliphatic rings. The van der Waals surface area contributed by atoms with E-state index in [1.807, 2.05) is 30.3 Å². The third-order valence-electron chi connectivity index (χ3n) is 4.57. The van der Waals surface area contributed by atoms with Gasteiger partial charge in [-0.1, -0.05) is 36.8 Å². The molecule has 3 rings (SSSR count). The number of hydrogen-bond acceptors (Lipinski definition) is 4. The Morgan fingerprint density at radius 2 is 1.92 bits per heavy atom. The first kappa shape index (κ1) is 17.7. The van der Waals surface area contributed by atoms with Gasteiger partial charge in [0.25, 0.3) is 0 Å². The van der Waals surface area contributed by atoms with Crippen LogP contribution in [0.1, 0.15) is 48.3 Å². The molecule has 0 bridgehead atoms. The van der Waals surface area contributed by atoms with Crippen LogP contribution < -0.4 is 0 Å². The van der Waals surface area contributed by atoms with Crippen molar-refractivity contribution in [3.8, 4) is 11.4 Å². The van der Waals surface area contributed by atoms with Crippen molar-refractivity contribution in [1.82, 2.24) is 9.55 Å². The van der Waals surface area contributed by atoms with Gasteiger partial charge in [0.1, 0.15) is 5.82 Å². The van der Waals surface area contributed by atoms with Crippen LogP contribution in [0.4, 0.5) is 0 Å². The minimum Gasteiger partial charge on any atom is -0.461 e. The lowest BCUT2D eigenvalue weighted by Gasteiger charge is -2.09. The van der Waals surface area contributed by atoms with E-state index in [4.69, 9.17) is 9.47 Å². The molecule has 0 spiro atoms. The van der Waals surface area contributed by atoms with E-state index in [0.29, 0.717) is 18.9 Å². The molecule has 0 saturated heterocycles. The van der Waals surface area contributed by atoms with Crippen LogP contribution in [-0.2, 0) is 22.4 Å². The lowest BCUT2D eigenvalue weighted by atomic mass is 10.1. The van der Waals surface area contributed by atoms with Crippen molar-refractivity contribution in [1.29, 1.82) is 0 Å². The van der Waals surface area contributed by atoms with E-state index in [1.165, 1.54) is 6.42 Å². The third-order valence-corrected chi connectivity index (χ3v) is 4.57. The minimum absolute atomic E-state index is 0.301. The second kappa shape index (κ2) is 8.81. The third kappa shape index (κ3) is 4.28. The standard InChI is InChI=1S/C20H26N2O3/c1-24-14-8-9-15-25-20(23)18-17-12-6-3-7-13-22(17)19(21-18)16-10-4-2-5-11-16/h2,4-5,10-11H,3,6-9,12-15H2,1H3. The summed E-state index contributed by atoms with van der Waals surface area (Å²) >= 11 is 0. The summed E-state index contributed by atoms with van der Waals surface area (Å²) in [5, 5.41) is 0. The molecule has 2 heterocycles. The smallest absolute Gasteiger partial charge is 0.358 e. The Kier molecular flexibility index (Phi) is 6.23. The number of fused-ring (bicyclic) bond motifs is 1. The summed E-state index contributed by atoms with van der Waals surface area (Å²) in [6.45, 7) is 2.01. The molecule has 0 aliphatic carbocycles. The van der Waals surface area contributed by atoms with Crippen LogP contribution in [0.2, 0.25) is 0 Å². The summed E-state index contributed by atoms with van der Waals surface area (Å²) in [4.78, 5) is 17.3. The molecule has 1 aromatic heterocycles. The second-order valence-electron chi connectivity index (χ2n) is 6.39. The highest BCUT2D eigenvalue weighted by Crippen LogP contribution is 2.27. The van der Waals surface area contributed by atoms with Crippen LogP contribution in [0.15, 0.2) is 30.3 Å². The lowest BCUT2D eigenvalue weighted by Crippen LogP contribution is -2.11. The van der Waals surface area contributed by atoms with Crippen LogP contribution in [0.25, 0.3) is 11.4 Å². The van der Waals surface area contributed by atoms with Crippen LogP contribution >= 0.6 is 0 Å². The molecule has 5 heteroatoms. The molecule has 0 atom stereocenters. The Labute approximate surface area is 149 Å². The van der Waals surface area contributed by atoms with Crippen LogP contribution in [0, 0.1) is 0 Å². The number of methoxy groups -OCH3 is 1. The molecule has 0 unspecified atom stereocenters. The van der Waals surface area contributed by atoms with Gasteiger partial charge in [-0.15, -0.1) is 0 Å². The summed E-state index contributed by atoms with van der Waals surface area (Å²) in [7, 11) is 1.68. The fourth-order valence-electron chi connectivity index (χ4n) is 3.27. The normalized spacial score (nSPS) is 14.0. The average molecular weight is 342 g/mol. The Morgan fingerprint density at radius 3 is 2.72 bits per heavy atom. The number of unbranched alkanes of at least 4 members (excludes halogenated alkanes) is 1. The van der Waals surface area contributed by atoms with Crippen LogP contribution in [0.3, 0.4) is 0 Å². The van der Waals surface area contributed by atoms with Gasteiger partial charge in [-0.25, -0.2) is 9.78 Å². The van der Waals surface area contributed by atoms with E-state index in [2.05, 4.69) is 9.55 Å². The summed E-state index contributed by atoms with van der Waals surface area (Å²) in [5.41, 5.74) is 2.57. The van der Waals surface area contributed by atoms with Crippen molar-refractivity contribution in [3.05, 3.63) is 41.7 Å². The quantitative estimate of drug-likeness (QED) is 0.566. The van der Waals surface area contributed by atoms with Crippen molar-refractivity contribution in [2.24, 2.45) is 0 Å². The first-order valence-corrected chi connectivity index (χ1v) is 9.12. The van der Waals surface area contributed by atoms with Gasteiger partial charge in [0, 0.05) is 25.8 Å². The molecular weight excluding hydrogens is 316 g/mol. The van der Waals surface area contributed by atoms with Crippen LogP contribution in [-0.4, -0.2) is 35.8 Å². The average Bonchev–Trinajstić information content (AvgIpc) is 2.83. The zero-order valence-corrected chi connectivity index (χ0v) is 14.9. The Bertz CT molecular complexity index is 694. The molecule has 2 aromatic rings. The van der Waals surface area contributed by atoms with Gasteiger partial charge in [-0.05, 0) is 32.1 Å². The topological polar surface area (TPSA) is 53.4 Å². The van der Waals surface area contributed by atoms with E-state index >= 15 is 0 Å². The zero-order chi connectivity index (χ0) is 17.5. The fraction of sp³-hybridized carbons (Fsp3) is 0.500. The number of hydrogen-bond donors (Lipinski definition) is 0. The number of esters is 1. The molecule has 5 nitrogen and oxygen atoms in total. The predicted molar refractivity (Wildman–Crippen MR) is 96.6 cm³/mol. The number of carbonyl (C=O) groups is 1. The summed E-state index contributed by atoms with van der Waals surface area (Å²) < 4.78 is 12.7. The number of benzene rings is 1. The highest BCUT2D eigenvalue weighted by atomic mass is 16.5. The Morgan fingerprint density at radius 1 is 1.12 bits per heavy atom. The highest BCUT2D eigenvalue weighted by molar-refractivity contribution is 5.89. The highest BCUT2D eigenvalue weighted by Gasteiger charge is 2.25. The van der Waals surface area contributed by atoms with Crippen molar-refractivity contribution < 1.29 is 14.3 Å². The van der Waals surface area contributed by atoms with Gasteiger partial charge in [-0.3, -0.25) is 0 Å². The van der Waals surface area contributed by atoms with Gasteiger partial charge < -0.3 is 14.0 Å². The number of carbonyl (C=O) groups excluding carboxylic acids is 1. The van der Waals surface area contributed by atoms with E-state index in [9.17, 15) is 4.79 Å². The summed E-state index contributed by atoms with van der Waals surface area (Å²) in [5.74, 6) is 0.578. The molecule has 1 aliphatic heterocycles. The number of rotatable bonds is 7. The monoisotopic (exact) mass is 342 g/mol. The Balaban J connectivity index is 1.81. The van der Waals surface area contributed by atoms with E-state index in [0.717, 1.165) is 55.7 Å². The lowest BCUT2D eigenvalue weighted by molar-refractivity contribution is 0.0481. The first-order valence-electron chi connectivity index (χ1n) is 9.12. The van der Waals surface area contributed by atoms with Gasteiger partial charge in [-0.2, -0.15) is 0 Å². The van der Waals surface area contributed by atoms with E-state index < -0.39 is 0 Å². The SMILES string of the molecule is COCCCCOC(=O)c1nc(-c2ccccc2)n2c1CCCCC2. The predicted octanol–water partition coefficient (Wildman–Crippen LogP) is 3.86. The minimum atomic E-state index is -0.301. The maximum atomic E-state index is 12.6. The molecule has 0 fully saturated rings. The fourth-order valence-corrected chi connectivity index (χ4v) is 3.27. The molecular formula is C20H26N2O3. The molecule has 0 saturated carbocycles. The van der Waals surface area contributed by atoms with E-state index in [-0.39, 0.29) is 5.97 Å². The zero-order valence-electron chi connectivity index (χ0n) is 14.9. The second-order valence-corrected chi connectivity index (χ2v) is 6.39. The van der Waals surface area contributed by atoms with Crippen molar-refractivity contribution >= 4 is 5.97 Å². The molecule has 1 aromatic carbocycles. The van der Waals surface area contributed by atoms with Gasteiger partial charge in [0.15, 0.2) is 5.69 Å². The molecule has 134 valence electrons. The molecule has 0 amide bonds.